The van der Waals surface area contributed by atoms with E-state index in [2.05, 4.69) is 26.1 Å². The highest BCUT2D eigenvalue weighted by Crippen LogP contribution is 2.29. The molecule has 0 bridgehead atoms. The first-order valence-corrected chi connectivity index (χ1v) is 7.49. The van der Waals surface area contributed by atoms with Gasteiger partial charge in [0.1, 0.15) is 6.04 Å². The Morgan fingerprint density at radius 2 is 2.21 bits per heavy atom. The van der Waals surface area contributed by atoms with Gasteiger partial charge in [-0.05, 0) is 35.0 Å². The first-order valence-electron chi connectivity index (χ1n) is 5.71. The Kier molecular flexibility index (Phi) is 4.98. The molecular formula is C12H14BrN3O2S. The van der Waals surface area contributed by atoms with Crippen LogP contribution in [0.5, 0.6) is 0 Å². The highest BCUT2D eigenvalue weighted by atomic mass is 79.9. The van der Waals surface area contributed by atoms with Crippen molar-refractivity contribution in [2.24, 2.45) is 5.73 Å². The molecule has 0 saturated carbocycles. The predicted octanol–water partition coefficient (Wildman–Crippen LogP) is 2.51. The quantitative estimate of drug-likeness (QED) is 0.811. The number of aliphatic hydroxyl groups excluding tert-OH is 1. The van der Waals surface area contributed by atoms with Crippen molar-refractivity contribution in [1.82, 2.24) is 10.1 Å². The summed E-state index contributed by atoms with van der Waals surface area (Å²) in [6.45, 7) is 1.59. The lowest BCUT2D eigenvalue weighted by Crippen LogP contribution is -2.23. The van der Waals surface area contributed by atoms with Crippen LogP contribution in [-0.2, 0) is 5.75 Å². The van der Waals surface area contributed by atoms with Gasteiger partial charge in [0.15, 0.2) is 5.82 Å². The van der Waals surface area contributed by atoms with Crippen LogP contribution >= 0.6 is 27.7 Å². The van der Waals surface area contributed by atoms with E-state index in [1.165, 1.54) is 0 Å². The Morgan fingerprint density at radius 1 is 1.47 bits per heavy atom. The fourth-order valence-corrected chi connectivity index (χ4v) is 2.78. The summed E-state index contributed by atoms with van der Waals surface area (Å²) in [6, 6.07) is 7.28. The minimum Gasteiger partial charge on any atom is -0.391 e. The molecule has 3 N–H and O–H groups in total. The molecule has 0 aliphatic rings. The molecule has 0 radical (unpaired) electrons. The minimum absolute atomic E-state index is 0.262. The van der Waals surface area contributed by atoms with Crippen LogP contribution in [0.2, 0.25) is 0 Å². The molecule has 0 aliphatic carbocycles. The molecular weight excluding hydrogens is 330 g/mol. The van der Waals surface area contributed by atoms with Crippen LogP contribution in [0, 0.1) is 0 Å². The van der Waals surface area contributed by atoms with Gasteiger partial charge in [-0.3, -0.25) is 0 Å². The van der Waals surface area contributed by atoms with Crippen LogP contribution in [0.15, 0.2) is 38.2 Å². The number of nitrogens with two attached hydrogens (primary N) is 1. The lowest BCUT2D eigenvalue weighted by Gasteiger charge is -2.08. The molecule has 7 heteroatoms. The summed E-state index contributed by atoms with van der Waals surface area (Å²) in [5, 5.41) is 13.2. The molecule has 0 saturated heterocycles. The molecule has 2 rings (SSSR count). The standard InChI is InChI=1S/C12H14BrN3O2S/c1-7(17)11(14)12-15-10(16-18-12)6-19-9-5-3-2-4-8(9)13/h2-5,7,11,17H,6,14H2,1H3. The van der Waals surface area contributed by atoms with Gasteiger partial charge in [0, 0.05) is 9.37 Å². The zero-order valence-corrected chi connectivity index (χ0v) is 12.7. The average molecular weight is 344 g/mol. The third-order valence-corrected chi connectivity index (χ3v) is 4.51. The van der Waals surface area contributed by atoms with Crippen molar-refractivity contribution in [3.63, 3.8) is 0 Å². The van der Waals surface area contributed by atoms with E-state index in [0.717, 1.165) is 9.37 Å². The first-order chi connectivity index (χ1) is 9.08. The molecule has 1 aromatic carbocycles. The summed E-state index contributed by atoms with van der Waals surface area (Å²) in [5.41, 5.74) is 5.72. The Bertz CT molecular complexity index is 547. The van der Waals surface area contributed by atoms with Gasteiger partial charge in [0.25, 0.3) is 0 Å². The van der Waals surface area contributed by atoms with Crippen molar-refractivity contribution in [3.8, 4) is 0 Å². The number of hydrogen-bond acceptors (Lipinski definition) is 6. The summed E-state index contributed by atoms with van der Waals surface area (Å²) < 4.78 is 6.07. The van der Waals surface area contributed by atoms with E-state index >= 15 is 0 Å². The smallest absolute Gasteiger partial charge is 0.246 e. The van der Waals surface area contributed by atoms with Crippen LogP contribution in [0.25, 0.3) is 0 Å². The molecule has 2 atom stereocenters. The van der Waals surface area contributed by atoms with Crippen LogP contribution in [0.3, 0.4) is 0 Å². The largest absolute Gasteiger partial charge is 0.391 e. The summed E-state index contributed by atoms with van der Waals surface area (Å²) >= 11 is 5.08. The maximum absolute atomic E-state index is 9.36. The Hall–Kier alpha value is -0.890. The lowest BCUT2D eigenvalue weighted by molar-refractivity contribution is 0.146. The van der Waals surface area contributed by atoms with E-state index in [1.807, 2.05) is 24.3 Å². The van der Waals surface area contributed by atoms with Crippen molar-refractivity contribution in [3.05, 3.63) is 40.5 Å². The molecule has 19 heavy (non-hydrogen) atoms. The lowest BCUT2D eigenvalue weighted by atomic mass is 10.2. The summed E-state index contributed by atoms with van der Waals surface area (Å²) in [5.74, 6) is 1.41. The van der Waals surface area contributed by atoms with Gasteiger partial charge in [0.05, 0.1) is 11.9 Å². The molecule has 0 aliphatic heterocycles. The Labute approximate surface area is 123 Å². The second-order valence-corrected chi connectivity index (χ2v) is 5.91. The SMILES string of the molecule is CC(O)C(N)c1nc(CSc2ccccc2Br)no1. The predicted molar refractivity (Wildman–Crippen MR) is 76.6 cm³/mol. The molecule has 0 spiro atoms. The minimum atomic E-state index is -0.718. The van der Waals surface area contributed by atoms with Gasteiger partial charge < -0.3 is 15.4 Å². The third-order valence-electron chi connectivity index (χ3n) is 2.48. The average Bonchev–Trinajstić information content (AvgIpc) is 2.85. The highest BCUT2D eigenvalue weighted by Gasteiger charge is 2.19. The third kappa shape index (κ3) is 3.79. The van der Waals surface area contributed by atoms with Gasteiger partial charge in [-0.2, -0.15) is 4.98 Å². The summed E-state index contributed by atoms with van der Waals surface area (Å²) in [4.78, 5) is 5.28. The topological polar surface area (TPSA) is 85.2 Å². The van der Waals surface area contributed by atoms with Crippen LogP contribution < -0.4 is 5.73 Å². The van der Waals surface area contributed by atoms with E-state index in [4.69, 9.17) is 10.3 Å². The second kappa shape index (κ2) is 6.51. The summed E-state index contributed by atoms with van der Waals surface area (Å²) in [7, 11) is 0. The van der Waals surface area contributed by atoms with Crippen molar-refractivity contribution in [2.45, 2.75) is 29.7 Å². The van der Waals surface area contributed by atoms with E-state index in [0.29, 0.717) is 11.6 Å². The van der Waals surface area contributed by atoms with Crippen LogP contribution in [0.1, 0.15) is 24.7 Å². The van der Waals surface area contributed by atoms with Crippen molar-refractivity contribution >= 4 is 27.7 Å². The Morgan fingerprint density at radius 3 is 2.89 bits per heavy atom. The molecule has 5 nitrogen and oxygen atoms in total. The molecule has 2 aromatic rings. The number of nitrogens with zero attached hydrogens (tertiary/aromatic N) is 2. The number of benzene rings is 1. The second-order valence-electron chi connectivity index (χ2n) is 4.03. The van der Waals surface area contributed by atoms with Crippen molar-refractivity contribution in [1.29, 1.82) is 0 Å². The van der Waals surface area contributed by atoms with E-state index in [9.17, 15) is 5.11 Å². The zero-order valence-electron chi connectivity index (χ0n) is 10.3. The monoisotopic (exact) mass is 343 g/mol. The van der Waals surface area contributed by atoms with Crippen LogP contribution in [-0.4, -0.2) is 21.4 Å². The van der Waals surface area contributed by atoms with E-state index in [1.54, 1.807) is 18.7 Å². The number of aromatic nitrogens is 2. The van der Waals surface area contributed by atoms with Gasteiger partial charge in [0.2, 0.25) is 5.89 Å². The number of halogens is 1. The number of hydrogen-bond donors (Lipinski definition) is 2. The normalized spacial score (nSPS) is 14.3. The van der Waals surface area contributed by atoms with Gasteiger partial charge in [-0.1, -0.05) is 17.3 Å². The molecule has 102 valence electrons. The highest BCUT2D eigenvalue weighted by molar-refractivity contribution is 9.10. The van der Waals surface area contributed by atoms with Crippen molar-refractivity contribution in [2.75, 3.05) is 0 Å². The molecule has 2 unspecified atom stereocenters. The van der Waals surface area contributed by atoms with E-state index in [-0.39, 0.29) is 5.89 Å². The van der Waals surface area contributed by atoms with Crippen molar-refractivity contribution < 1.29 is 9.63 Å². The van der Waals surface area contributed by atoms with Gasteiger partial charge in [-0.25, -0.2) is 0 Å². The fourth-order valence-electron chi connectivity index (χ4n) is 1.37. The van der Waals surface area contributed by atoms with Crippen LogP contribution in [0.4, 0.5) is 0 Å². The number of aliphatic hydroxyl groups is 1. The molecule has 1 heterocycles. The van der Waals surface area contributed by atoms with Gasteiger partial charge >= 0.3 is 0 Å². The molecule has 1 aromatic heterocycles. The maximum atomic E-state index is 9.36. The molecule has 0 fully saturated rings. The molecule has 0 amide bonds. The van der Waals surface area contributed by atoms with Gasteiger partial charge in [-0.15, -0.1) is 11.8 Å². The number of rotatable bonds is 5. The summed E-state index contributed by atoms with van der Waals surface area (Å²) in [6.07, 6.45) is -0.718. The van der Waals surface area contributed by atoms with E-state index < -0.39 is 12.1 Å². The maximum Gasteiger partial charge on any atom is 0.246 e. The zero-order chi connectivity index (χ0) is 13.8. The fraction of sp³-hybridized carbons (Fsp3) is 0.333. The first kappa shape index (κ1) is 14.5. The Balaban J connectivity index is 1.99. The number of thioether (sulfide) groups is 1.